The molecule has 1 aromatic rings. The molecule has 1 rings (SSSR count). The minimum Gasteiger partial charge on any atom is -0.460 e. The second-order valence-corrected chi connectivity index (χ2v) is 7.42. The summed E-state index contributed by atoms with van der Waals surface area (Å²) in [4.78, 5) is 36.6. The first-order valence-corrected chi connectivity index (χ1v) is 8.18. The number of carbonyl (C=O) groups is 3. The third-order valence-electron chi connectivity index (χ3n) is 3.47. The van der Waals surface area contributed by atoms with Gasteiger partial charge in [-0.15, -0.1) is 0 Å². The summed E-state index contributed by atoms with van der Waals surface area (Å²) >= 11 is 0. The van der Waals surface area contributed by atoms with Crippen LogP contribution in [0.5, 0.6) is 0 Å². The molecule has 0 saturated heterocycles. The number of alkyl carbamates (subject to hydrolysis) is 1. The Morgan fingerprint density at radius 2 is 1.60 bits per heavy atom. The molecule has 0 spiro atoms. The summed E-state index contributed by atoms with van der Waals surface area (Å²) in [6.07, 6.45) is -0.707. The van der Waals surface area contributed by atoms with Crippen molar-refractivity contribution < 1.29 is 23.9 Å². The van der Waals surface area contributed by atoms with E-state index < -0.39 is 34.9 Å². The molecule has 0 aliphatic rings. The molecular weight excluding hydrogens is 322 g/mol. The first-order valence-electron chi connectivity index (χ1n) is 8.18. The third-order valence-corrected chi connectivity index (χ3v) is 3.47. The number of Topliss-reactive ketones (excluding diaryl/α,β-unsaturated/α-hetero) is 1. The molecule has 0 radical (unpaired) electrons. The van der Waals surface area contributed by atoms with Crippen LogP contribution in [0, 0.1) is 5.41 Å². The average molecular weight is 349 g/mol. The predicted molar refractivity (Wildman–Crippen MR) is 93.9 cm³/mol. The zero-order chi connectivity index (χ0) is 19.3. The van der Waals surface area contributed by atoms with Crippen molar-refractivity contribution in [3.05, 3.63) is 35.9 Å². The smallest absolute Gasteiger partial charge is 0.408 e. The zero-order valence-electron chi connectivity index (χ0n) is 15.7. The summed E-state index contributed by atoms with van der Waals surface area (Å²) in [5.41, 5.74) is -1.22. The Morgan fingerprint density at radius 3 is 2.12 bits per heavy atom. The van der Waals surface area contributed by atoms with E-state index in [2.05, 4.69) is 5.32 Å². The van der Waals surface area contributed by atoms with Crippen molar-refractivity contribution in [2.75, 3.05) is 0 Å². The Labute approximate surface area is 148 Å². The van der Waals surface area contributed by atoms with Gasteiger partial charge in [-0.2, -0.15) is 0 Å². The highest BCUT2D eigenvalue weighted by atomic mass is 16.6. The van der Waals surface area contributed by atoms with Gasteiger partial charge in [-0.1, -0.05) is 30.3 Å². The first kappa shape index (κ1) is 20.7. The van der Waals surface area contributed by atoms with Crippen LogP contribution in [0.3, 0.4) is 0 Å². The normalized spacial score (nSPS) is 12.9. The van der Waals surface area contributed by atoms with Crippen LogP contribution >= 0.6 is 0 Å². The molecule has 0 aromatic heterocycles. The molecule has 1 aromatic carbocycles. The number of carbonyl (C=O) groups excluding carboxylic acids is 3. The van der Waals surface area contributed by atoms with Gasteiger partial charge in [-0.05, 0) is 47.1 Å². The fraction of sp³-hybridized carbons (Fsp3) is 0.526. The van der Waals surface area contributed by atoms with Gasteiger partial charge in [0.2, 0.25) is 0 Å². The number of hydrogen-bond donors (Lipinski definition) is 1. The molecule has 0 bridgehead atoms. The Balaban J connectivity index is 2.64. The van der Waals surface area contributed by atoms with Crippen molar-refractivity contribution >= 4 is 17.8 Å². The Bertz CT molecular complexity index is 616. The monoisotopic (exact) mass is 349 g/mol. The van der Waals surface area contributed by atoms with E-state index in [1.54, 1.807) is 20.8 Å². The minimum atomic E-state index is -1.39. The molecule has 138 valence electrons. The Kier molecular flexibility index (Phi) is 6.73. The number of ether oxygens (including phenoxy) is 2. The molecule has 6 nitrogen and oxygen atoms in total. The molecule has 1 N–H and O–H groups in total. The van der Waals surface area contributed by atoms with Crippen molar-refractivity contribution in [3.63, 3.8) is 0 Å². The molecule has 0 unspecified atom stereocenters. The summed E-state index contributed by atoms with van der Waals surface area (Å²) in [6, 6.07) is 8.32. The number of ketones is 1. The van der Waals surface area contributed by atoms with Gasteiger partial charge in [-0.3, -0.25) is 9.59 Å². The number of hydrogen-bond acceptors (Lipinski definition) is 5. The van der Waals surface area contributed by atoms with E-state index in [0.717, 1.165) is 5.56 Å². The molecule has 0 aliphatic carbocycles. The molecule has 0 aliphatic heterocycles. The highest BCUT2D eigenvalue weighted by Gasteiger charge is 2.40. The maximum Gasteiger partial charge on any atom is 0.408 e. The summed E-state index contributed by atoms with van der Waals surface area (Å²) in [5.74, 6) is -1.09. The lowest BCUT2D eigenvalue weighted by Crippen LogP contribution is -2.49. The number of nitrogens with one attached hydrogen (secondary N) is 1. The van der Waals surface area contributed by atoms with E-state index in [1.165, 1.54) is 20.8 Å². The quantitative estimate of drug-likeness (QED) is 0.630. The third kappa shape index (κ3) is 6.57. The molecule has 1 atom stereocenters. The van der Waals surface area contributed by atoms with Crippen LogP contribution in [0.4, 0.5) is 4.79 Å². The van der Waals surface area contributed by atoms with E-state index in [9.17, 15) is 14.4 Å². The SMILES string of the molecule is C[C@H](NC(=O)OC(C)(C)C)C(=O)C(C)(C)C(=O)OCc1ccccc1. The lowest BCUT2D eigenvalue weighted by atomic mass is 9.84. The first-order chi connectivity index (χ1) is 11.4. The maximum absolute atomic E-state index is 12.5. The largest absolute Gasteiger partial charge is 0.460 e. The molecule has 6 heteroatoms. The summed E-state index contributed by atoms with van der Waals surface area (Å²) < 4.78 is 10.4. The molecule has 25 heavy (non-hydrogen) atoms. The number of benzene rings is 1. The van der Waals surface area contributed by atoms with Crippen LogP contribution in [0.25, 0.3) is 0 Å². The van der Waals surface area contributed by atoms with E-state index >= 15 is 0 Å². The summed E-state index contributed by atoms with van der Waals surface area (Å²) in [7, 11) is 0. The summed E-state index contributed by atoms with van der Waals surface area (Å²) in [6.45, 7) is 9.74. The number of rotatable bonds is 6. The molecule has 1 amide bonds. The van der Waals surface area contributed by atoms with Gasteiger partial charge >= 0.3 is 12.1 Å². The van der Waals surface area contributed by atoms with Crippen LogP contribution in [-0.2, 0) is 25.7 Å². The van der Waals surface area contributed by atoms with Crippen LogP contribution in [0.2, 0.25) is 0 Å². The lowest BCUT2D eigenvalue weighted by Gasteiger charge is -2.26. The summed E-state index contributed by atoms with van der Waals surface area (Å²) in [5, 5.41) is 2.45. The van der Waals surface area contributed by atoms with Crippen molar-refractivity contribution in [2.24, 2.45) is 5.41 Å². The van der Waals surface area contributed by atoms with E-state index in [1.807, 2.05) is 30.3 Å². The highest BCUT2D eigenvalue weighted by molar-refractivity contribution is 6.06. The van der Waals surface area contributed by atoms with Crippen molar-refractivity contribution in [1.29, 1.82) is 0 Å². The highest BCUT2D eigenvalue weighted by Crippen LogP contribution is 2.22. The van der Waals surface area contributed by atoms with Crippen LogP contribution in [-0.4, -0.2) is 29.5 Å². The van der Waals surface area contributed by atoms with Crippen molar-refractivity contribution in [2.45, 2.75) is 59.8 Å². The van der Waals surface area contributed by atoms with E-state index in [-0.39, 0.29) is 6.61 Å². The topological polar surface area (TPSA) is 81.7 Å². The fourth-order valence-electron chi connectivity index (χ4n) is 2.10. The molecular formula is C19H27NO5. The van der Waals surface area contributed by atoms with Crippen LogP contribution in [0.1, 0.15) is 47.1 Å². The van der Waals surface area contributed by atoms with E-state index in [4.69, 9.17) is 9.47 Å². The van der Waals surface area contributed by atoms with Gasteiger partial charge in [0.25, 0.3) is 0 Å². The average Bonchev–Trinajstić information content (AvgIpc) is 2.50. The molecule has 0 fully saturated rings. The second-order valence-electron chi connectivity index (χ2n) is 7.42. The molecule has 0 saturated carbocycles. The van der Waals surface area contributed by atoms with Gasteiger partial charge in [0.05, 0.1) is 6.04 Å². The minimum absolute atomic E-state index is 0.0876. The van der Waals surface area contributed by atoms with E-state index in [0.29, 0.717) is 0 Å². The van der Waals surface area contributed by atoms with Crippen molar-refractivity contribution in [3.8, 4) is 0 Å². The predicted octanol–water partition coefficient (Wildman–Crippen LogP) is 3.24. The Hall–Kier alpha value is -2.37. The van der Waals surface area contributed by atoms with Crippen LogP contribution < -0.4 is 5.32 Å². The van der Waals surface area contributed by atoms with Crippen LogP contribution in [0.15, 0.2) is 30.3 Å². The maximum atomic E-state index is 12.5. The van der Waals surface area contributed by atoms with Gasteiger partial charge in [0.1, 0.15) is 17.6 Å². The lowest BCUT2D eigenvalue weighted by molar-refractivity contribution is -0.160. The fourth-order valence-corrected chi connectivity index (χ4v) is 2.10. The Morgan fingerprint density at radius 1 is 1.04 bits per heavy atom. The van der Waals surface area contributed by atoms with Gasteiger partial charge in [0, 0.05) is 0 Å². The van der Waals surface area contributed by atoms with Gasteiger partial charge in [0.15, 0.2) is 5.78 Å². The molecule has 0 heterocycles. The van der Waals surface area contributed by atoms with Gasteiger partial charge in [-0.25, -0.2) is 4.79 Å². The van der Waals surface area contributed by atoms with Gasteiger partial charge < -0.3 is 14.8 Å². The zero-order valence-corrected chi connectivity index (χ0v) is 15.7. The standard InChI is InChI=1S/C19H27NO5/c1-13(20-17(23)25-18(2,3)4)15(21)19(5,6)16(22)24-12-14-10-8-7-9-11-14/h7-11,13H,12H2,1-6H3,(H,20,23)/t13-/m0/s1. The number of amides is 1. The second kappa shape index (κ2) is 8.14. The van der Waals surface area contributed by atoms with Crippen molar-refractivity contribution in [1.82, 2.24) is 5.32 Å². The number of esters is 1.